The molecule has 0 amide bonds. The molecule has 5 nitrogen and oxygen atoms in total. The van der Waals surface area contributed by atoms with Crippen molar-refractivity contribution < 1.29 is 25.5 Å². The quantitative estimate of drug-likeness (QED) is 0.0475. The summed E-state index contributed by atoms with van der Waals surface area (Å²) in [7, 11) is 0. The highest BCUT2D eigenvalue weighted by Gasteiger charge is 2.48. The lowest BCUT2D eigenvalue weighted by Crippen LogP contribution is -2.48. The molecule has 49 heavy (non-hydrogen) atoms. The van der Waals surface area contributed by atoms with Crippen molar-refractivity contribution >= 4 is 0 Å². The summed E-state index contributed by atoms with van der Waals surface area (Å²) in [5, 5.41) is 54.9. The predicted octanol–water partition coefficient (Wildman–Crippen LogP) is 7.80. The van der Waals surface area contributed by atoms with Crippen LogP contribution in [0.15, 0.2) is 0 Å². The van der Waals surface area contributed by atoms with Gasteiger partial charge in [0.15, 0.2) is 0 Å². The van der Waals surface area contributed by atoms with Crippen LogP contribution in [0.25, 0.3) is 0 Å². The maximum Gasteiger partial charge on any atom is 0.130 e. The smallest absolute Gasteiger partial charge is 0.130 e. The Labute approximate surface area is 301 Å². The number of hydrogen-bond acceptors (Lipinski definition) is 5. The number of hydrogen-bond donors (Lipinski definition) is 5. The van der Waals surface area contributed by atoms with E-state index in [0.717, 1.165) is 51.4 Å². The van der Waals surface area contributed by atoms with Gasteiger partial charge in [0.05, 0.1) is 0 Å². The summed E-state index contributed by atoms with van der Waals surface area (Å²) in [6, 6.07) is 0. The van der Waals surface area contributed by atoms with Crippen LogP contribution < -0.4 is 0 Å². The number of aliphatic hydroxyl groups excluding tert-OH is 2. The molecule has 0 fully saturated rings. The lowest BCUT2D eigenvalue weighted by molar-refractivity contribution is -0.0674. The molecule has 0 rings (SSSR count). The molecule has 5 heteroatoms. The van der Waals surface area contributed by atoms with Crippen molar-refractivity contribution in [1.29, 1.82) is 0 Å². The molecule has 5 N–H and O–H groups in total. The van der Waals surface area contributed by atoms with Crippen LogP contribution in [-0.4, -0.2) is 54.5 Å². The van der Waals surface area contributed by atoms with Crippen molar-refractivity contribution in [3.63, 3.8) is 0 Å². The molecule has 0 aliphatic heterocycles. The molecule has 9 atom stereocenters. The van der Waals surface area contributed by atoms with E-state index in [1.54, 1.807) is 0 Å². The fraction of sp³-hybridized carbons (Fsp3) is 0.773. The van der Waals surface area contributed by atoms with Gasteiger partial charge >= 0.3 is 0 Å². The Hall–Kier alpha value is -2.40. The van der Waals surface area contributed by atoms with Crippen LogP contribution >= 0.6 is 0 Å². The summed E-state index contributed by atoms with van der Waals surface area (Å²) < 4.78 is 0. The van der Waals surface area contributed by atoms with E-state index in [1.165, 1.54) is 0 Å². The molecule has 0 aliphatic carbocycles. The molecule has 0 bridgehead atoms. The molecular weight excluding hydrogens is 608 g/mol. The van der Waals surface area contributed by atoms with Crippen molar-refractivity contribution in [3.8, 4) is 61.2 Å². The normalized spacial score (nSPS) is 19.2. The summed E-state index contributed by atoms with van der Waals surface area (Å²) in [6.07, 6.45) is 33.7. The van der Waals surface area contributed by atoms with E-state index >= 15 is 0 Å². The third-order valence-corrected chi connectivity index (χ3v) is 11.3. The van der Waals surface area contributed by atoms with Crippen LogP contribution in [0.5, 0.6) is 0 Å². The third-order valence-electron chi connectivity index (χ3n) is 11.3. The standard InChI is InChI=1S/C44H70O5/c1-11-37(39(45)13-3)27-23-20-21-26-32-44(49,19-9)41(34-29-38(12-2)40(46)14-4,30-24-22-25-31-42(47,15-5)16-6)33-28-36(10)35-43(48,17-7)18-8/h3-5,7,36-40,45-49H,11-12,16,18-25,27-31,33-35H2,1-2,6,8-10H3. The molecule has 0 heterocycles. The molecule has 9 unspecified atom stereocenters. The van der Waals surface area contributed by atoms with Gasteiger partial charge in [-0.2, -0.15) is 0 Å². The van der Waals surface area contributed by atoms with Gasteiger partial charge in [0.25, 0.3) is 0 Å². The lowest BCUT2D eigenvalue weighted by Gasteiger charge is -2.46. The fourth-order valence-electron chi connectivity index (χ4n) is 7.24. The minimum absolute atomic E-state index is 0.0684. The summed E-state index contributed by atoms with van der Waals surface area (Å²) in [4.78, 5) is 0. The Morgan fingerprint density at radius 2 is 1.12 bits per heavy atom. The zero-order chi connectivity index (χ0) is 37.6. The average molecular weight is 679 g/mol. The van der Waals surface area contributed by atoms with Crippen molar-refractivity contribution in [1.82, 2.24) is 0 Å². The number of rotatable bonds is 26. The first-order valence-corrected chi connectivity index (χ1v) is 19.1. The van der Waals surface area contributed by atoms with Crippen molar-refractivity contribution in [2.24, 2.45) is 23.2 Å². The van der Waals surface area contributed by atoms with Gasteiger partial charge in [-0.15, -0.1) is 31.6 Å². The molecule has 0 saturated carbocycles. The molecule has 276 valence electrons. The number of unbranched alkanes of at least 4 members (excludes halogenated alkanes) is 4. The number of aliphatic hydroxyl groups is 5. The van der Waals surface area contributed by atoms with Crippen molar-refractivity contribution in [2.45, 2.75) is 193 Å². The third kappa shape index (κ3) is 15.6. The van der Waals surface area contributed by atoms with Crippen molar-refractivity contribution in [3.05, 3.63) is 0 Å². The summed E-state index contributed by atoms with van der Waals surface area (Å²) in [5.41, 5.74) is -4.19. The maximum absolute atomic E-state index is 12.6. The van der Waals surface area contributed by atoms with Gasteiger partial charge in [-0.1, -0.05) is 90.4 Å². The maximum atomic E-state index is 12.6. The molecule has 0 spiro atoms. The second kappa shape index (κ2) is 23.9. The highest BCUT2D eigenvalue weighted by Crippen LogP contribution is 2.49. The van der Waals surface area contributed by atoms with E-state index < -0.39 is 34.4 Å². The first-order chi connectivity index (χ1) is 23.2. The summed E-state index contributed by atoms with van der Waals surface area (Å²) in [5.74, 6) is 16.8. The van der Waals surface area contributed by atoms with Gasteiger partial charge in [-0.25, -0.2) is 0 Å². The van der Waals surface area contributed by atoms with E-state index in [9.17, 15) is 25.5 Å². The second-order valence-electron chi connectivity index (χ2n) is 14.6. The SMILES string of the molecule is C#CC(O)C(CC)CCCCC#CC(O)(CC)C(CCCCCC(O)(C#C)CC)(CCC(C)CC(O)(C#C)CC)CCC(CC)C(O)C#C. The van der Waals surface area contributed by atoms with Crippen LogP contribution in [0.2, 0.25) is 0 Å². The van der Waals surface area contributed by atoms with E-state index in [0.29, 0.717) is 70.6 Å². The van der Waals surface area contributed by atoms with E-state index in [1.807, 2.05) is 34.6 Å². The van der Waals surface area contributed by atoms with Crippen LogP contribution in [-0.2, 0) is 0 Å². The zero-order valence-electron chi connectivity index (χ0n) is 31.9. The topological polar surface area (TPSA) is 101 Å². The van der Waals surface area contributed by atoms with E-state index in [-0.39, 0.29) is 17.8 Å². The molecule has 0 radical (unpaired) electrons. The van der Waals surface area contributed by atoms with Gasteiger partial charge in [-0.05, 0) is 114 Å². The fourth-order valence-corrected chi connectivity index (χ4v) is 7.24. The second-order valence-corrected chi connectivity index (χ2v) is 14.6. The summed E-state index contributed by atoms with van der Waals surface area (Å²) in [6.45, 7) is 11.9. The van der Waals surface area contributed by atoms with Crippen LogP contribution in [0.4, 0.5) is 0 Å². The van der Waals surface area contributed by atoms with Gasteiger partial charge in [0.1, 0.15) is 29.0 Å². The Kier molecular flexibility index (Phi) is 22.7. The summed E-state index contributed by atoms with van der Waals surface area (Å²) >= 11 is 0. The van der Waals surface area contributed by atoms with Gasteiger partial charge in [0.2, 0.25) is 0 Å². The first-order valence-electron chi connectivity index (χ1n) is 19.1. The Balaban J connectivity index is 6.51. The minimum atomic E-state index is -1.30. The van der Waals surface area contributed by atoms with Gasteiger partial charge in [-0.3, -0.25) is 0 Å². The van der Waals surface area contributed by atoms with Crippen LogP contribution in [0, 0.1) is 84.4 Å². The molecular formula is C44H70O5. The molecule has 0 aliphatic rings. The van der Waals surface area contributed by atoms with E-state index in [4.69, 9.17) is 25.7 Å². The van der Waals surface area contributed by atoms with E-state index in [2.05, 4.69) is 42.4 Å². The van der Waals surface area contributed by atoms with Crippen molar-refractivity contribution in [2.75, 3.05) is 0 Å². The Morgan fingerprint density at radius 3 is 1.61 bits per heavy atom. The molecule has 0 aromatic rings. The number of terminal acetylenes is 4. The van der Waals surface area contributed by atoms with Gasteiger partial charge in [0, 0.05) is 11.8 Å². The molecule has 0 aromatic heterocycles. The molecule has 0 aromatic carbocycles. The molecule has 0 saturated heterocycles. The van der Waals surface area contributed by atoms with Crippen LogP contribution in [0.3, 0.4) is 0 Å². The minimum Gasteiger partial charge on any atom is -0.380 e. The predicted molar refractivity (Wildman–Crippen MR) is 205 cm³/mol. The first kappa shape index (κ1) is 46.6. The zero-order valence-corrected chi connectivity index (χ0v) is 31.9. The lowest BCUT2D eigenvalue weighted by atomic mass is 9.60. The monoisotopic (exact) mass is 679 g/mol. The largest absolute Gasteiger partial charge is 0.380 e. The van der Waals surface area contributed by atoms with Crippen LogP contribution in [0.1, 0.15) is 164 Å². The Morgan fingerprint density at radius 1 is 0.592 bits per heavy atom. The van der Waals surface area contributed by atoms with Gasteiger partial charge < -0.3 is 25.5 Å². The average Bonchev–Trinajstić information content (AvgIpc) is 3.12. The Bertz CT molecular complexity index is 1160. The highest BCUT2D eigenvalue weighted by molar-refractivity contribution is 5.20. The highest BCUT2D eigenvalue weighted by atomic mass is 16.3.